The van der Waals surface area contributed by atoms with E-state index < -0.39 is 17.4 Å². The summed E-state index contributed by atoms with van der Waals surface area (Å²) in [6, 6.07) is 0. The first-order valence-corrected chi connectivity index (χ1v) is 12.6. The van der Waals surface area contributed by atoms with Crippen LogP contribution in [-0.2, 0) is 23.9 Å². The second kappa shape index (κ2) is 8.32. The Morgan fingerprint density at radius 2 is 1.75 bits per heavy atom. The molecule has 4 fully saturated rings. The molecule has 1 spiro atoms. The molecule has 1 N–H and O–H groups in total. The van der Waals surface area contributed by atoms with Gasteiger partial charge in [-0.3, -0.25) is 14.4 Å². The number of hydrogen-bond acceptors (Lipinski definition) is 5. The molecule has 0 aromatic carbocycles. The summed E-state index contributed by atoms with van der Waals surface area (Å²) in [5, 5.41) is 10.3. The maximum Gasteiger partial charge on any atom is 0.313 e. The third-order valence-corrected chi connectivity index (χ3v) is 9.97. The Kier molecular flexibility index (Phi) is 6.13. The Balaban J connectivity index is 1.57. The first-order chi connectivity index (χ1) is 15.0. The van der Waals surface area contributed by atoms with Crippen LogP contribution in [0.25, 0.3) is 0 Å². The van der Waals surface area contributed by atoms with Gasteiger partial charge in [0, 0.05) is 6.92 Å². The fraction of sp³-hybridized carbons (Fsp3) is 0.885. The van der Waals surface area contributed by atoms with E-state index in [1.54, 1.807) is 0 Å². The number of aliphatic carboxylic acids is 1. The number of esters is 2. The zero-order valence-corrected chi connectivity index (χ0v) is 20.2. The van der Waals surface area contributed by atoms with Crippen LogP contribution in [0.5, 0.6) is 0 Å². The van der Waals surface area contributed by atoms with Crippen LogP contribution in [0, 0.1) is 45.8 Å². The van der Waals surface area contributed by atoms with Gasteiger partial charge < -0.3 is 14.6 Å². The molecule has 4 aliphatic carbocycles. The maximum absolute atomic E-state index is 12.6. The number of carbonyl (C=O) groups is 3. The topological polar surface area (TPSA) is 89.9 Å². The van der Waals surface area contributed by atoms with Gasteiger partial charge in [-0.1, -0.05) is 27.2 Å². The number of carbonyl (C=O) groups excluding carboxylic acids is 2. The molecule has 0 aromatic rings. The lowest BCUT2D eigenvalue weighted by Gasteiger charge is -2.63. The molecule has 6 nitrogen and oxygen atoms in total. The van der Waals surface area contributed by atoms with Gasteiger partial charge in [-0.05, 0) is 85.9 Å². The van der Waals surface area contributed by atoms with Gasteiger partial charge in [0.2, 0.25) is 0 Å². The standard InChI is InChI=1S/C26H40O6/c1-16(2)22(28)31-14-19-13-25-11-8-21-24(4,20(25)7-6-18(19)12-25)9-5-10-26(21,23(29)30)15-32-17(3)27/h16,18-21H,5-15H2,1-4H3,(H,29,30)/t18-,19+,20-,21+,24+,25+,26+/m1/s1. The van der Waals surface area contributed by atoms with E-state index in [2.05, 4.69) is 6.92 Å². The minimum absolute atomic E-state index is 0.00591. The third kappa shape index (κ3) is 3.66. The van der Waals surface area contributed by atoms with Gasteiger partial charge in [-0.25, -0.2) is 0 Å². The summed E-state index contributed by atoms with van der Waals surface area (Å²) < 4.78 is 11.0. The number of fused-ring (bicyclic) bond motifs is 3. The SMILES string of the molecule is CC(=O)OC[C@@]1(C(=O)O)CCC[C@]2(C)[C@@H]1CC[C@@]13C[C@@H](CC[C@@H]12)[C@H](COC(=O)C(C)C)C3. The van der Waals surface area contributed by atoms with Crippen LogP contribution in [0.4, 0.5) is 0 Å². The number of carboxylic acid groups (broad SMARTS) is 1. The van der Waals surface area contributed by atoms with Gasteiger partial charge in [-0.15, -0.1) is 0 Å². The lowest BCUT2D eigenvalue weighted by Crippen LogP contribution is -2.60. The molecule has 0 aliphatic heterocycles. The van der Waals surface area contributed by atoms with Crippen LogP contribution in [-0.4, -0.2) is 36.2 Å². The van der Waals surface area contributed by atoms with E-state index in [0.717, 1.165) is 44.9 Å². The summed E-state index contributed by atoms with van der Waals surface area (Å²) in [5.41, 5.74) is -0.780. The van der Waals surface area contributed by atoms with Crippen molar-refractivity contribution in [3.05, 3.63) is 0 Å². The van der Waals surface area contributed by atoms with Crippen molar-refractivity contribution >= 4 is 17.9 Å². The van der Waals surface area contributed by atoms with Crippen LogP contribution < -0.4 is 0 Å². The average Bonchev–Trinajstić information content (AvgIpc) is 2.99. The lowest BCUT2D eigenvalue weighted by atomic mass is 9.40. The van der Waals surface area contributed by atoms with Crippen LogP contribution in [0.2, 0.25) is 0 Å². The molecule has 0 radical (unpaired) electrons. The molecule has 4 aliphatic rings. The van der Waals surface area contributed by atoms with E-state index in [-0.39, 0.29) is 35.2 Å². The van der Waals surface area contributed by atoms with Crippen molar-refractivity contribution in [3.63, 3.8) is 0 Å². The Bertz CT molecular complexity index is 776. The quantitative estimate of drug-likeness (QED) is 0.585. The molecule has 180 valence electrons. The zero-order valence-electron chi connectivity index (χ0n) is 20.2. The normalized spacial score (nSPS) is 42.7. The summed E-state index contributed by atoms with van der Waals surface area (Å²) in [4.78, 5) is 36.2. The predicted molar refractivity (Wildman–Crippen MR) is 119 cm³/mol. The fourth-order valence-corrected chi connectivity index (χ4v) is 8.67. The molecule has 7 atom stereocenters. The van der Waals surface area contributed by atoms with Crippen molar-refractivity contribution in [2.24, 2.45) is 45.8 Å². The van der Waals surface area contributed by atoms with Crippen LogP contribution in [0.3, 0.4) is 0 Å². The van der Waals surface area contributed by atoms with Gasteiger partial charge in [0.15, 0.2) is 0 Å². The number of rotatable bonds is 6. The molecule has 32 heavy (non-hydrogen) atoms. The van der Waals surface area contributed by atoms with Crippen LogP contribution >= 0.6 is 0 Å². The molecule has 0 amide bonds. The molecule has 0 aromatic heterocycles. The first kappa shape index (κ1) is 23.6. The highest BCUT2D eigenvalue weighted by atomic mass is 16.5. The summed E-state index contributed by atoms with van der Waals surface area (Å²) in [6.45, 7) is 7.97. The molecular weight excluding hydrogens is 408 g/mol. The summed E-state index contributed by atoms with van der Waals surface area (Å²) in [7, 11) is 0. The monoisotopic (exact) mass is 448 g/mol. The maximum atomic E-state index is 12.6. The highest BCUT2D eigenvalue weighted by molar-refractivity contribution is 5.76. The molecule has 0 saturated heterocycles. The van der Waals surface area contributed by atoms with Crippen LogP contribution in [0.15, 0.2) is 0 Å². The second-order valence-electron chi connectivity index (χ2n) is 11.9. The Morgan fingerprint density at radius 3 is 2.41 bits per heavy atom. The fourth-order valence-electron chi connectivity index (χ4n) is 8.67. The number of ether oxygens (including phenoxy) is 2. The van der Waals surface area contributed by atoms with E-state index in [4.69, 9.17) is 9.47 Å². The Morgan fingerprint density at radius 1 is 1.00 bits per heavy atom. The average molecular weight is 449 g/mol. The zero-order chi connectivity index (χ0) is 23.3. The minimum Gasteiger partial charge on any atom is -0.481 e. The van der Waals surface area contributed by atoms with Gasteiger partial charge in [0.05, 0.1) is 12.5 Å². The first-order valence-electron chi connectivity index (χ1n) is 12.6. The highest BCUT2D eigenvalue weighted by Crippen LogP contribution is 2.72. The summed E-state index contributed by atoms with van der Waals surface area (Å²) >= 11 is 0. The van der Waals surface area contributed by atoms with Crippen molar-refractivity contribution in [2.75, 3.05) is 13.2 Å². The van der Waals surface area contributed by atoms with Gasteiger partial charge in [0.25, 0.3) is 0 Å². The molecule has 6 heteroatoms. The lowest BCUT2D eigenvalue weighted by molar-refractivity contribution is -0.195. The third-order valence-electron chi connectivity index (χ3n) is 9.97. The smallest absolute Gasteiger partial charge is 0.313 e. The number of carboxylic acids is 1. The summed E-state index contributed by atoms with van der Waals surface area (Å²) in [6.07, 6.45) is 8.99. The van der Waals surface area contributed by atoms with Crippen molar-refractivity contribution in [2.45, 2.75) is 85.5 Å². The molecule has 4 saturated carbocycles. The molecule has 0 heterocycles. The molecule has 2 bridgehead atoms. The van der Waals surface area contributed by atoms with Gasteiger partial charge >= 0.3 is 17.9 Å². The Labute approximate surface area is 191 Å². The van der Waals surface area contributed by atoms with Crippen molar-refractivity contribution in [1.29, 1.82) is 0 Å². The van der Waals surface area contributed by atoms with Crippen molar-refractivity contribution in [3.8, 4) is 0 Å². The number of hydrogen-bond donors (Lipinski definition) is 1. The van der Waals surface area contributed by atoms with Gasteiger partial charge in [0.1, 0.15) is 12.0 Å². The van der Waals surface area contributed by atoms with E-state index in [1.807, 2.05) is 13.8 Å². The molecule has 0 unspecified atom stereocenters. The van der Waals surface area contributed by atoms with E-state index in [0.29, 0.717) is 30.8 Å². The Hall–Kier alpha value is -1.59. The highest BCUT2D eigenvalue weighted by Gasteiger charge is 2.67. The van der Waals surface area contributed by atoms with Crippen molar-refractivity contribution < 1.29 is 29.0 Å². The van der Waals surface area contributed by atoms with Crippen LogP contribution in [0.1, 0.15) is 85.5 Å². The minimum atomic E-state index is -0.970. The molecular formula is C26H40O6. The summed E-state index contributed by atoms with van der Waals surface area (Å²) in [5.74, 6) is 0.152. The largest absolute Gasteiger partial charge is 0.481 e. The van der Waals surface area contributed by atoms with Gasteiger partial charge in [-0.2, -0.15) is 0 Å². The van der Waals surface area contributed by atoms with Crippen molar-refractivity contribution in [1.82, 2.24) is 0 Å². The van der Waals surface area contributed by atoms with E-state index >= 15 is 0 Å². The predicted octanol–water partition coefficient (Wildman–Crippen LogP) is 4.84. The molecule has 4 rings (SSSR count). The van der Waals surface area contributed by atoms with E-state index in [1.165, 1.54) is 13.3 Å². The second-order valence-corrected chi connectivity index (χ2v) is 11.9. The van der Waals surface area contributed by atoms with E-state index in [9.17, 15) is 19.5 Å².